The molecule has 0 radical (unpaired) electrons. The molecule has 0 bridgehead atoms. The summed E-state index contributed by atoms with van der Waals surface area (Å²) in [6.07, 6.45) is 1.69. The number of hydrogen-bond acceptors (Lipinski definition) is 2. The molecule has 1 aromatic carbocycles. The van der Waals surface area contributed by atoms with Crippen LogP contribution in [0.4, 0.5) is 5.69 Å². The molecular formula is C12H12N2O. The molecule has 0 saturated carbocycles. The van der Waals surface area contributed by atoms with Gasteiger partial charge >= 0.3 is 0 Å². The molecule has 0 aliphatic rings. The molecule has 2 rings (SSSR count). The second kappa shape index (κ2) is 3.69. The fourth-order valence-corrected chi connectivity index (χ4v) is 1.59. The molecule has 2 aromatic rings. The Morgan fingerprint density at radius 1 is 1.33 bits per heavy atom. The van der Waals surface area contributed by atoms with Crippen LogP contribution in [-0.4, -0.2) is 10.9 Å². The lowest BCUT2D eigenvalue weighted by molar-refractivity contribution is -0.114. The van der Waals surface area contributed by atoms with Crippen LogP contribution in [0.1, 0.15) is 12.5 Å². The number of aryl methyl sites for hydroxylation is 1. The normalized spacial score (nSPS) is 10.3. The quantitative estimate of drug-likeness (QED) is 0.768. The van der Waals surface area contributed by atoms with Gasteiger partial charge in [0.1, 0.15) is 0 Å². The van der Waals surface area contributed by atoms with E-state index in [1.807, 2.05) is 31.2 Å². The van der Waals surface area contributed by atoms with E-state index >= 15 is 0 Å². The van der Waals surface area contributed by atoms with Crippen LogP contribution in [0, 0.1) is 6.92 Å². The van der Waals surface area contributed by atoms with E-state index in [0.717, 1.165) is 22.2 Å². The number of nitrogens with one attached hydrogen (secondary N) is 1. The highest BCUT2D eigenvalue weighted by Gasteiger charge is 2.04. The summed E-state index contributed by atoms with van der Waals surface area (Å²) in [6, 6.07) is 7.88. The van der Waals surface area contributed by atoms with E-state index in [-0.39, 0.29) is 5.91 Å². The number of carbonyl (C=O) groups is 1. The third-order valence-corrected chi connectivity index (χ3v) is 2.36. The SMILES string of the molecule is CC(=O)Nc1cnc2ccccc2c1C. The van der Waals surface area contributed by atoms with Crippen LogP contribution in [0.15, 0.2) is 30.5 Å². The van der Waals surface area contributed by atoms with Gasteiger partial charge in [-0.1, -0.05) is 18.2 Å². The van der Waals surface area contributed by atoms with Crippen LogP contribution < -0.4 is 5.32 Å². The van der Waals surface area contributed by atoms with Gasteiger partial charge in [0.2, 0.25) is 5.91 Å². The van der Waals surface area contributed by atoms with Crippen LogP contribution in [0.25, 0.3) is 10.9 Å². The van der Waals surface area contributed by atoms with Gasteiger partial charge in [-0.15, -0.1) is 0 Å². The summed E-state index contributed by atoms with van der Waals surface area (Å²) in [6.45, 7) is 3.48. The van der Waals surface area contributed by atoms with Crippen molar-refractivity contribution in [1.82, 2.24) is 4.98 Å². The zero-order chi connectivity index (χ0) is 10.8. The van der Waals surface area contributed by atoms with Crippen LogP contribution in [0.2, 0.25) is 0 Å². The highest BCUT2D eigenvalue weighted by Crippen LogP contribution is 2.22. The monoisotopic (exact) mass is 200 g/mol. The number of nitrogens with zero attached hydrogens (tertiary/aromatic N) is 1. The lowest BCUT2D eigenvalue weighted by Crippen LogP contribution is -2.07. The van der Waals surface area contributed by atoms with Crippen LogP contribution in [0.3, 0.4) is 0 Å². The largest absolute Gasteiger partial charge is 0.325 e. The Balaban J connectivity index is 2.59. The van der Waals surface area contributed by atoms with Gasteiger partial charge in [-0.05, 0) is 18.6 Å². The van der Waals surface area contributed by atoms with Gasteiger partial charge in [0.05, 0.1) is 17.4 Å². The van der Waals surface area contributed by atoms with Crippen molar-refractivity contribution in [1.29, 1.82) is 0 Å². The summed E-state index contributed by atoms with van der Waals surface area (Å²) in [7, 11) is 0. The van der Waals surface area contributed by atoms with Crippen molar-refractivity contribution in [3.8, 4) is 0 Å². The fraction of sp³-hybridized carbons (Fsp3) is 0.167. The number of aromatic nitrogens is 1. The molecule has 3 heteroatoms. The maximum Gasteiger partial charge on any atom is 0.221 e. The average molecular weight is 200 g/mol. The van der Waals surface area contributed by atoms with Crippen LogP contribution in [0.5, 0.6) is 0 Å². The van der Waals surface area contributed by atoms with Crippen molar-refractivity contribution >= 4 is 22.5 Å². The Hall–Kier alpha value is -1.90. The van der Waals surface area contributed by atoms with Crippen molar-refractivity contribution in [3.63, 3.8) is 0 Å². The smallest absolute Gasteiger partial charge is 0.221 e. The van der Waals surface area contributed by atoms with E-state index in [1.54, 1.807) is 6.20 Å². The molecule has 0 fully saturated rings. The summed E-state index contributed by atoms with van der Waals surface area (Å²) < 4.78 is 0. The Morgan fingerprint density at radius 3 is 2.80 bits per heavy atom. The maximum absolute atomic E-state index is 11.0. The van der Waals surface area contributed by atoms with Crippen molar-refractivity contribution in [2.75, 3.05) is 5.32 Å². The summed E-state index contributed by atoms with van der Waals surface area (Å²) >= 11 is 0. The van der Waals surface area contributed by atoms with Gasteiger partial charge in [-0.3, -0.25) is 9.78 Å². The number of hydrogen-bond donors (Lipinski definition) is 1. The van der Waals surface area contributed by atoms with Gasteiger partial charge in [0.15, 0.2) is 0 Å². The minimum absolute atomic E-state index is 0.0739. The number of fused-ring (bicyclic) bond motifs is 1. The predicted octanol–water partition coefficient (Wildman–Crippen LogP) is 2.50. The molecule has 0 unspecified atom stereocenters. The second-order valence-corrected chi connectivity index (χ2v) is 3.50. The molecule has 0 aliphatic heterocycles. The molecule has 1 N–H and O–H groups in total. The van der Waals surface area contributed by atoms with Gasteiger partial charge in [-0.25, -0.2) is 0 Å². The number of pyridine rings is 1. The van der Waals surface area contributed by atoms with Crippen molar-refractivity contribution in [2.24, 2.45) is 0 Å². The van der Waals surface area contributed by atoms with Gasteiger partial charge < -0.3 is 5.32 Å². The van der Waals surface area contributed by atoms with E-state index < -0.39 is 0 Å². The number of amides is 1. The Kier molecular flexibility index (Phi) is 2.37. The first-order valence-electron chi connectivity index (χ1n) is 4.80. The van der Waals surface area contributed by atoms with Gasteiger partial charge in [-0.2, -0.15) is 0 Å². The van der Waals surface area contributed by atoms with Gasteiger partial charge in [0.25, 0.3) is 0 Å². The first-order valence-corrected chi connectivity index (χ1v) is 4.80. The molecule has 1 heterocycles. The molecule has 0 saturated heterocycles. The number of para-hydroxylation sites is 1. The number of anilines is 1. The third-order valence-electron chi connectivity index (χ3n) is 2.36. The maximum atomic E-state index is 11.0. The highest BCUT2D eigenvalue weighted by atomic mass is 16.1. The summed E-state index contributed by atoms with van der Waals surface area (Å²) in [5, 5.41) is 3.84. The van der Waals surface area contributed by atoms with Crippen LogP contribution >= 0.6 is 0 Å². The highest BCUT2D eigenvalue weighted by molar-refractivity contribution is 5.94. The molecule has 1 aromatic heterocycles. The molecule has 76 valence electrons. The zero-order valence-corrected chi connectivity index (χ0v) is 8.74. The molecule has 0 spiro atoms. The zero-order valence-electron chi connectivity index (χ0n) is 8.74. The average Bonchev–Trinajstić information content (AvgIpc) is 2.22. The molecule has 3 nitrogen and oxygen atoms in total. The summed E-state index contributed by atoms with van der Waals surface area (Å²) in [5.74, 6) is -0.0739. The standard InChI is InChI=1S/C12H12N2O/c1-8-10-5-3-4-6-11(10)13-7-12(8)14-9(2)15/h3-7H,1-2H3,(H,14,15). The lowest BCUT2D eigenvalue weighted by atomic mass is 10.1. The van der Waals surface area contributed by atoms with E-state index in [1.165, 1.54) is 6.92 Å². The van der Waals surface area contributed by atoms with E-state index in [9.17, 15) is 4.79 Å². The number of rotatable bonds is 1. The first kappa shape index (κ1) is 9.65. The minimum Gasteiger partial charge on any atom is -0.325 e. The summed E-state index contributed by atoms with van der Waals surface area (Å²) in [5.41, 5.74) is 2.78. The first-order chi connectivity index (χ1) is 7.18. The van der Waals surface area contributed by atoms with Gasteiger partial charge in [0, 0.05) is 12.3 Å². The molecule has 0 atom stereocenters. The van der Waals surface area contributed by atoms with E-state index in [2.05, 4.69) is 10.3 Å². The Labute approximate surface area is 88.1 Å². The van der Waals surface area contributed by atoms with Crippen molar-refractivity contribution in [2.45, 2.75) is 13.8 Å². The Bertz CT molecular complexity index is 520. The van der Waals surface area contributed by atoms with E-state index in [4.69, 9.17) is 0 Å². The fourth-order valence-electron chi connectivity index (χ4n) is 1.59. The second-order valence-electron chi connectivity index (χ2n) is 3.50. The molecular weight excluding hydrogens is 188 g/mol. The van der Waals surface area contributed by atoms with E-state index in [0.29, 0.717) is 0 Å². The molecule has 1 amide bonds. The topological polar surface area (TPSA) is 42.0 Å². The summed E-state index contributed by atoms with van der Waals surface area (Å²) in [4.78, 5) is 15.2. The third kappa shape index (κ3) is 1.81. The Morgan fingerprint density at radius 2 is 2.07 bits per heavy atom. The number of benzene rings is 1. The van der Waals surface area contributed by atoms with Crippen molar-refractivity contribution < 1.29 is 4.79 Å². The number of carbonyl (C=O) groups excluding carboxylic acids is 1. The molecule has 0 aliphatic carbocycles. The minimum atomic E-state index is -0.0739. The van der Waals surface area contributed by atoms with Crippen LogP contribution in [-0.2, 0) is 4.79 Å². The molecule has 15 heavy (non-hydrogen) atoms. The lowest BCUT2D eigenvalue weighted by Gasteiger charge is -2.08. The van der Waals surface area contributed by atoms with Crippen molar-refractivity contribution in [3.05, 3.63) is 36.0 Å². The predicted molar refractivity (Wildman–Crippen MR) is 60.8 cm³/mol.